The summed E-state index contributed by atoms with van der Waals surface area (Å²) in [5.74, 6) is 1.03. The molecule has 2 heterocycles. The number of rotatable bonds is 4. The minimum atomic E-state index is -0.157. The van der Waals surface area contributed by atoms with E-state index in [4.69, 9.17) is 21.1 Å². The average Bonchev–Trinajstić information content (AvgIpc) is 3.12. The highest BCUT2D eigenvalue weighted by Crippen LogP contribution is 2.37. The molecule has 0 unspecified atom stereocenters. The molecule has 2 aromatic carbocycles. The van der Waals surface area contributed by atoms with Crippen molar-refractivity contribution >= 4 is 17.5 Å². The van der Waals surface area contributed by atoms with Crippen molar-refractivity contribution in [2.75, 3.05) is 13.2 Å². The molecule has 3 aromatic rings. The molecule has 27 heavy (non-hydrogen) atoms. The molecule has 0 spiro atoms. The van der Waals surface area contributed by atoms with E-state index in [2.05, 4.69) is 10.3 Å². The van der Waals surface area contributed by atoms with Crippen LogP contribution in [-0.2, 0) is 6.54 Å². The van der Waals surface area contributed by atoms with Crippen LogP contribution in [-0.4, -0.2) is 28.7 Å². The van der Waals surface area contributed by atoms with Gasteiger partial charge in [0, 0.05) is 36.6 Å². The van der Waals surface area contributed by atoms with E-state index in [1.54, 1.807) is 30.7 Å². The number of ether oxygens (including phenoxy) is 2. The normalized spacial score (nSPS) is 13.1. The van der Waals surface area contributed by atoms with Crippen molar-refractivity contribution < 1.29 is 14.3 Å². The summed E-state index contributed by atoms with van der Waals surface area (Å²) in [6, 6.07) is 11.0. The summed E-state index contributed by atoms with van der Waals surface area (Å²) < 4.78 is 13.2. The van der Waals surface area contributed by atoms with E-state index < -0.39 is 0 Å². The number of hydrogen-bond donors (Lipinski definition) is 1. The SMILES string of the molecule is O=C(NCc1cc(Cl)c2c(c1)OCCCO2)c1ccc(-n2ccnc2)cc1. The molecule has 1 amide bonds. The number of amides is 1. The molecule has 0 saturated heterocycles. The van der Waals surface area contributed by atoms with Crippen LogP contribution in [0.3, 0.4) is 0 Å². The monoisotopic (exact) mass is 383 g/mol. The third-order valence-corrected chi connectivity index (χ3v) is 4.53. The topological polar surface area (TPSA) is 65.4 Å². The Labute approximate surface area is 161 Å². The summed E-state index contributed by atoms with van der Waals surface area (Å²) >= 11 is 6.29. The van der Waals surface area contributed by atoms with Crippen molar-refractivity contribution in [2.24, 2.45) is 0 Å². The van der Waals surface area contributed by atoms with E-state index in [1.807, 2.05) is 29.0 Å². The van der Waals surface area contributed by atoms with Crippen LogP contribution >= 0.6 is 11.6 Å². The van der Waals surface area contributed by atoms with Crippen LogP contribution in [0.4, 0.5) is 0 Å². The molecule has 0 aliphatic carbocycles. The molecule has 0 saturated carbocycles. The lowest BCUT2D eigenvalue weighted by atomic mass is 10.1. The van der Waals surface area contributed by atoms with Gasteiger partial charge in [-0.15, -0.1) is 0 Å². The van der Waals surface area contributed by atoms with Crippen LogP contribution in [0, 0.1) is 0 Å². The molecule has 138 valence electrons. The van der Waals surface area contributed by atoms with Crippen molar-refractivity contribution in [2.45, 2.75) is 13.0 Å². The van der Waals surface area contributed by atoms with Gasteiger partial charge in [0.05, 0.1) is 24.6 Å². The number of halogens is 1. The van der Waals surface area contributed by atoms with Gasteiger partial charge in [0.2, 0.25) is 0 Å². The number of nitrogens with one attached hydrogen (secondary N) is 1. The molecule has 0 atom stereocenters. The standard InChI is InChI=1S/C20H18ClN3O3/c21-17-10-14(11-18-19(17)27-9-1-8-26-18)12-23-20(25)15-2-4-16(5-3-15)24-7-6-22-13-24/h2-7,10-11,13H,1,8-9,12H2,(H,23,25). The van der Waals surface area contributed by atoms with Gasteiger partial charge < -0.3 is 19.4 Å². The zero-order valence-electron chi connectivity index (χ0n) is 14.5. The number of carbonyl (C=O) groups is 1. The molecule has 0 radical (unpaired) electrons. The maximum atomic E-state index is 12.4. The van der Waals surface area contributed by atoms with Gasteiger partial charge in [0.15, 0.2) is 11.5 Å². The lowest BCUT2D eigenvalue weighted by Gasteiger charge is -2.12. The molecule has 4 rings (SSSR count). The molecule has 1 aromatic heterocycles. The third-order valence-electron chi connectivity index (χ3n) is 4.25. The van der Waals surface area contributed by atoms with E-state index in [-0.39, 0.29) is 5.91 Å². The van der Waals surface area contributed by atoms with Crippen LogP contribution < -0.4 is 14.8 Å². The van der Waals surface area contributed by atoms with Gasteiger partial charge in [-0.3, -0.25) is 4.79 Å². The molecule has 0 bridgehead atoms. The van der Waals surface area contributed by atoms with Gasteiger partial charge >= 0.3 is 0 Å². The largest absolute Gasteiger partial charge is 0.489 e. The summed E-state index contributed by atoms with van der Waals surface area (Å²) in [6.45, 7) is 1.51. The number of fused-ring (bicyclic) bond motifs is 1. The lowest BCUT2D eigenvalue weighted by Crippen LogP contribution is -2.22. The first-order chi connectivity index (χ1) is 13.2. The van der Waals surface area contributed by atoms with Crippen molar-refractivity contribution in [3.8, 4) is 17.2 Å². The Bertz CT molecular complexity index is 940. The quantitative estimate of drug-likeness (QED) is 0.747. The highest BCUT2D eigenvalue weighted by molar-refractivity contribution is 6.32. The molecule has 1 N–H and O–H groups in total. The second-order valence-corrected chi connectivity index (χ2v) is 6.56. The molecule has 1 aliphatic rings. The maximum absolute atomic E-state index is 12.4. The highest BCUT2D eigenvalue weighted by atomic mass is 35.5. The Morgan fingerprint density at radius 2 is 2.00 bits per heavy atom. The lowest BCUT2D eigenvalue weighted by molar-refractivity contribution is 0.0951. The summed E-state index contributed by atoms with van der Waals surface area (Å²) in [4.78, 5) is 16.4. The first kappa shape index (κ1) is 17.4. The minimum absolute atomic E-state index is 0.157. The Kier molecular flexibility index (Phi) is 4.98. The van der Waals surface area contributed by atoms with E-state index in [0.717, 1.165) is 17.7 Å². The Morgan fingerprint density at radius 3 is 2.78 bits per heavy atom. The summed E-state index contributed by atoms with van der Waals surface area (Å²) in [5, 5.41) is 3.40. The zero-order chi connectivity index (χ0) is 18.6. The van der Waals surface area contributed by atoms with Gasteiger partial charge in [-0.2, -0.15) is 0 Å². The molecular weight excluding hydrogens is 366 g/mol. The van der Waals surface area contributed by atoms with Crippen LogP contribution in [0.5, 0.6) is 11.5 Å². The van der Waals surface area contributed by atoms with E-state index >= 15 is 0 Å². The fraction of sp³-hybridized carbons (Fsp3) is 0.200. The highest BCUT2D eigenvalue weighted by Gasteiger charge is 2.16. The number of benzene rings is 2. The Morgan fingerprint density at radius 1 is 1.19 bits per heavy atom. The second kappa shape index (κ2) is 7.72. The summed E-state index contributed by atoms with van der Waals surface area (Å²) in [5.41, 5.74) is 2.38. The van der Waals surface area contributed by atoms with Crippen molar-refractivity contribution in [3.63, 3.8) is 0 Å². The average molecular weight is 384 g/mol. The Balaban J connectivity index is 1.43. The molecule has 6 nitrogen and oxygen atoms in total. The number of imidazole rings is 1. The van der Waals surface area contributed by atoms with E-state index in [9.17, 15) is 4.79 Å². The van der Waals surface area contributed by atoms with Gasteiger partial charge in [0.1, 0.15) is 0 Å². The van der Waals surface area contributed by atoms with Crippen LogP contribution in [0.15, 0.2) is 55.1 Å². The first-order valence-electron chi connectivity index (χ1n) is 8.65. The van der Waals surface area contributed by atoms with E-state index in [0.29, 0.717) is 41.8 Å². The van der Waals surface area contributed by atoms with E-state index in [1.165, 1.54) is 0 Å². The number of hydrogen-bond acceptors (Lipinski definition) is 4. The minimum Gasteiger partial charge on any atom is -0.489 e. The van der Waals surface area contributed by atoms with Crippen LogP contribution in [0.25, 0.3) is 5.69 Å². The third kappa shape index (κ3) is 3.90. The molecular formula is C20H18ClN3O3. The second-order valence-electron chi connectivity index (χ2n) is 6.15. The van der Waals surface area contributed by atoms with Crippen LogP contribution in [0.2, 0.25) is 5.02 Å². The molecule has 7 heteroatoms. The number of carbonyl (C=O) groups excluding carboxylic acids is 1. The maximum Gasteiger partial charge on any atom is 0.251 e. The van der Waals surface area contributed by atoms with Gasteiger partial charge in [0.25, 0.3) is 5.91 Å². The van der Waals surface area contributed by atoms with Crippen molar-refractivity contribution in [1.82, 2.24) is 14.9 Å². The first-order valence-corrected chi connectivity index (χ1v) is 9.03. The fourth-order valence-electron chi connectivity index (χ4n) is 2.87. The van der Waals surface area contributed by atoms with Gasteiger partial charge in [-0.25, -0.2) is 4.98 Å². The number of nitrogens with zero attached hydrogens (tertiary/aromatic N) is 2. The predicted molar refractivity (Wildman–Crippen MR) is 102 cm³/mol. The van der Waals surface area contributed by atoms with Gasteiger partial charge in [-0.1, -0.05) is 11.6 Å². The van der Waals surface area contributed by atoms with Crippen LogP contribution in [0.1, 0.15) is 22.3 Å². The zero-order valence-corrected chi connectivity index (χ0v) is 15.3. The van der Waals surface area contributed by atoms with Crippen molar-refractivity contribution in [3.05, 3.63) is 71.3 Å². The predicted octanol–water partition coefficient (Wildman–Crippen LogP) is 3.62. The molecule has 1 aliphatic heterocycles. The smallest absolute Gasteiger partial charge is 0.251 e. The Hall–Kier alpha value is -2.99. The van der Waals surface area contributed by atoms with Gasteiger partial charge in [-0.05, 0) is 42.0 Å². The summed E-state index contributed by atoms with van der Waals surface area (Å²) in [6.07, 6.45) is 6.08. The number of aromatic nitrogens is 2. The molecule has 0 fully saturated rings. The van der Waals surface area contributed by atoms with Crippen molar-refractivity contribution in [1.29, 1.82) is 0 Å². The fourth-order valence-corrected chi connectivity index (χ4v) is 3.16. The summed E-state index contributed by atoms with van der Waals surface area (Å²) in [7, 11) is 0.